The van der Waals surface area contributed by atoms with Crippen molar-refractivity contribution in [1.29, 1.82) is 0 Å². The molecule has 0 aliphatic carbocycles. The van der Waals surface area contributed by atoms with Crippen LogP contribution in [0.1, 0.15) is 0 Å². The molecule has 0 aromatic rings. The quantitative estimate of drug-likeness (QED) is 0.679. The van der Waals surface area contributed by atoms with Gasteiger partial charge in [-0.15, -0.1) is 0 Å². The summed E-state index contributed by atoms with van der Waals surface area (Å²) in [5.41, 5.74) is 0. The second-order valence-corrected chi connectivity index (χ2v) is 4.22. The minimum absolute atomic E-state index is 0.913. The fourth-order valence-electron chi connectivity index (χ4n) is 0. The van der Waals surface area contributed by atoms with E-state index in [1.54, 1.807) is 0 Å². The Balaban J connectivity index is 1.97. The molecule has 0 aromatic carbocycles. The van der Waals surface area contributed by atoms with Crippen molar-refractivity contribution in [3.8, 4) is 0 Å². The van der Waals surface area contributed by atoms with Gasteiger partial charge in [0.05, 0.1) is 0 Å². The zero-order chi connectivity index (χ0) is 3.41. The van der Waals surface area contributed by atoms with Crippen molar-refractivity contribution in [2.45, 2.75) is 6.92 Å². The topological polar surface area (TPSA) is 0 Å². The monoisotopic (exact) mass is 328 g/mol. The first kappa shape index (κ1) is 3.35. The van der Waals surface area contributed by atoms with Gasteiger partial charge in [0.2, 0.25) is 0 Å². The fourth-order valence-corrected chi connectivity index (χ4v) is 0. The molecule has 0 aromatic heterocycles. The van der Waals surface area contributed by atoms with Gasteiger partial charge in [-0.3, -0.25) is 0 Å². The predicted octanol–water partition coefficient (Wildman–Crippen LogP) is 0.884. The van der Waals surface area contributed by atoms with Crippen LogP contribution in [0.5, 0.6) is 0 Å². The first-order valence-corrected chi connectivity index (χ1v) is 6.47. The molecule has 0 saturated heterocycles. The van der Waals surface area contributed by atoms with Crippen molar-refractivity contribution >= 4 is 12.6 Å². The molecule has 4 heavy (non-hydrogen) atoms. The Hall–Kier alpha value is -0.650. The normalized spacial score (nSPS) is 7.75. The third kappa shape index (κ3) is 1.35. The van der Waals surface area contributed by atoms with E-state index in [0.29, 0.717) is 0 Å². The Kier molecular flexibility index (Phi) is 1.97. The summed E-state index contributed by atoms with van der Waals surface area (Å²) in [6, 6.07) is 0. The molecule has 0 rings (SSSR count). The molecule has 0 heterocycles. The van der Waals surface area contributed by atoms with E-state index in [-0.39, 0.29) is 0 Å². The zero-order valence-electron chi connectivity index (χ0n) is 2.57. The van der Waals surface area contributed by atoms with E-state index in [1.807, 2.05) is 0 Å². The Bertz CT molecular complexity index is 8.00. The third-order valence-electron chi connectivity index (χ3n) is 0.158. The van der Waals surface area contributed by atoms with Gasteiger partial charge in [-0.25, -0.2) is 0 Å². The molecule has 21 valence electrons. The molecule has 0 N–H and O–H groups in total. The molecule has 0 atom stereocenters. The summed E-state index contributed by atoms with van der Waals surface area (Å²) in [5.74, 6) is 1.11. The van der Waals surface area contributed by atoms with Crippen molar-refractivity contribution < 1.29 is 0 Å². The third-order valence-corrected chi connectivity index (χ3v) is 4.77. The Morgan fingerprint density at radius 3 is 2.00 bits per heavy atom. The van der Waals surface area contributed by atoms with Crippen molar-refractivity contribution in [3.63, 3.8) is 0 Å². The first-order valence-electron chi connectivity index (χ1n) is 1.32. The van der Waals surface area contributed by atoms with E-state index in [9.17, 15) is 0 Å². The standard InChI is InChI=1S/C2H5S.Rf/c1-2-3;/h3H,1-2H2;. The van der Waals surface area contributed by atoms with Gasteiger partial charge in [-0.05, 0) is 0 Å². The van der Waals surface area contributed by atoms with Crippen LogP contribution in [0.2, 0.25) is 6.92 Å². The van der Waals surface area contributed by atoms with Crippen LogP contribution >= 0.6 is 12.6 Å². The summed E-state index contributed by atoms with van der Waals surface area (Å²) in [6.45, 7) is 1.39. The first-order chi connectivity index (χ1) is 1.91. The average Bonchev–Trinajstić information content (AvgIpc) is 1.37. The zero-order valence-corrected chi connectivity index (χ0v) is 9.86. The maximum atomic E-state index is 3.97. The van der Waals surface area contributed by atoms with Gasteiger partial charge in [0.25, 0.3) is 0 Å². The van der Waals surface area contributed by atoms with Crippen LogP contribution < -0.4 is 0 Å². The number of hydrogen-bond donors (Lipinski definition) is 1. The average molecular weight is 328 g/mol. The molecule has 0 bridgehead atoms. The van der Waals surface area contributed by atoms with E-state index in [1.165, 1.54) is 6.92 Å². The van der Waals surface area contributed by atoms with Crippen molar-refractivity contribution in [2.75, 3.05) is 5.75 Å². The van der Waals surface area contributed by atoms with E-state index in [4.69, 9.17) is 0 Å². The molecule has 0 aliphatic heterocycles. The molecular weight excluding hydrogens is 323 g/mol. The number of rotatable bonds is 1. The Morgan fingerprint density at radius 2 is 2.00 bits per heavy atom. The molecule has 0 unspecified atom stereocenters. The number of thiol groups is 1. The van der Waals surface area contributed by atoms with Gasteiger partial charge in [-0.1, -0.05) is 0 Å². The molecule has 0 amide bonds. The summed E-state index contributed by atoms with van der Waals surface area (Å²) < 4.78 is 0.913. The summed E-state index contributed by atoms with van der Waals surface area (Å²) in [7, 11) is 0. The molecular formula is C2H5RfS. The van der Waals surface area contributed by atoms with Gasteiger partial charge in [-0.2, -0.15) is 0 Å². The van der Waals surface area contributed by atoms with Crippen LogP contribution in [0.25, 0.3) is 0 Å². The molecule has 0 fully saturated rings. The van der Waals surface area contributed by atoms with Crippen LogP contribution in [-0.4, -0.2) is 5.75 Å². The summed E-state index contributed by atoms with van der Waals surface area (Å²) in [5, 5.41) is 0. The van der Waals surface area contributed by atoms with Crippen molar-refractivity contribution in [2.24, 2.45) is 0 Å². The summed E-state index contributed by atoms with van der Waals surface area (Å²) >= 11 is 3.97. The van der Waals surface area contributed by atoms with E-state index >= 15 is 0 Å². The second-order valence-electron chi connectivity index (χ2n) is 0.577. The molecule has 0 saturated carbocycles. The molecule has 0 radical (unpaired) electrons. The van der Waals surface area contributed by atoms with E-state index < -0.39 is 0 Å². The fraction of sp³-hybridized carbons (Fsp3) is 1.00. The summed E-state index contributed by atoms with van der Waals surface area (Å²) in [6.07, 6.45) is 0. The molecule has 0 spiro atoms. The van der Waals surface area contributed by atoms with Crippen LogP contribution in [0.3, 0.4) is 0 Å². The van der Waals surface area contributed by atoms with Crippen LogP contribution in [0.4, 0.5) is 0 Å². The number of hydrogen-bond acceptors (Lipinski definition) is 1. The Morgan fingerprint density at radius 1 is 1.75 bits per heavy atom. The predicted molar refractivity (Wildman–Crippen MR) is 18.7 cm³/mol. The van der Waals surface area contributed by atoms with Crippen LogP contribution in [0, 0.1) is 0 Å². The van der Waals surface area contributed by atoms with Crippen molar-refractivity contribution in [1.82, 2.24) is 0 Å². The maximum absolute atomic E-state index is 3.97. The van der Waals surface area contributed by atoms with Gasteiger partial charge < -0.3 is 0 Å². The van der Waals surface area contributed by atoms with Gasteiger partial charge in [0, 0.05) is 0 Å². The summed E-state index contributed by atoms with van der Waals surface area (Å²) in [4.78, 5) is 0. The van der Waals surface area contributed by atoms with Crippen LogP contribution in [0.15, 0.2) is 0 Å². The van der Waals surface area contributed by atoms with Gasteiger partial charge in [0.15, 0.2) is 0 Å². The second kappa shape index (κ2) is 2.35. The minimum atomic E-state index is 0.913. The van der Waals surface area contributed by atoms with Gasteiger partial charge >= 0.3 is 25.3 Å². The Labute approximate surface area is 26.3 Å². The molecule has 2 heteroatoms. The molecule has 0 nitrogen and oxygen atoms in total. The van der Waals surface area contributed by atoms with Crippen molar-refractivity contribution in [3.05, 3.63) is 0 Å². The van der Waals surface area contributed by atoms with Gasteiger partial charge in [0.1, 0.15) is 0 Å². The van der Waals surface area contributed by atoms with E-state index in [2.05, 4.69) is 12.6 Å². The molecule has 0 aliphatic rings. The van der Waals surface area contributed by atoms with E-state index in [0.717, 1.165) is 5.75 Å². The van der Waals surface area contributed by atoms with Crippen LogP contribution in [-0.2, 0) is 0 Å². The SMILES string of the molecule is SC[CH2][Rf].